The first-order chi connectivity index (χ1) is 17.8. The number of thiazole rings is 1. The number of hydrogen-bond donors (Lipinski definition) is 0. The molecule has 192 valence electrons. The topological polar surface area (TPSA) is 79.1 Å². The van der Waals surface area contributed by atoms with Gasteiger partial charge >= 0.3 is 5.97 Å². The predicted octanol–water partition coefficient (Wildman–Crippen LogP) is 4.90. The molecule has 1 atom stereocenters. The van der Waals surface area contributed by atoms with E-state index in [1.54, 1.807) is 49.8 Å². The Balaban J connectivity index is 1.89. The van der Waals surface area contributed by atoms with Crippen LogP contribution in [0.2, 0.25) is 0 Å². The largest absolute Gasteiger partial charge is 0.494 e. The molecule has 37 heavy (non-hydrogen) atoms. The van der Waals surface area contributed by atoms with Gasteiger partial charge in [0.2, 0.25) is 0 Å². The van der Waals surface area contributed by atoms with Gasteiger partial charge in [-0.2, -0.15) is 0 Å². The summed E-state index contributed by atoms with van der Waals surface area (Å²) in [5.41, 5.74) is 2.13. The van der Waals surface area contributed by atoms with Crippen LogP contribution in [0.4, 0.5) is 0 Å². The van der Waals surface area contributed by atoms with Gasteiger partial charge in [0.25, 0.3) is 5.56 Å². The number of benzene rings is 2. The zero-order valence-corrected chi connectivity index (χ0v) is 24.4. The Morgan fingerprint density at radius 1 is 1.22 bits per heavy atom. The van der Waals surface area contributed by atoms with Crippen LogP contribution in [0, 0.1) is 0 Å². The van der Waals surface area contributed by atoms with E-state index in [1.165, 1.54) is 11.3 Å². The van der Waals surface area contributed by atoms with Crippen LogP contribution in [0.3, 0.4) is 0 Å². The molecule has 1 aromatic heterocycles. The summed E-state index contributed by atoms with van der Waals surface area (Å²) in [5.74, 6) is 0.817. The van der Waals surface area contributed by atoms with Crippen LogP contribution in [-0.2, 0) is 9.53 Å². The van der Waals surface area contributed by atoms with Crippen LogP contribution in [0.25, 0.3) is 6.08 Å². The number of allylic oxidation sites excluding steroid dienone is 1. The number of nitrogens with zero attached hydrogens (tertiary/aromatic N) is 2. The van der Waals surface area contributed by atoms with Crippen LogP contribution in [0.5, 0.6) is 11.5 Å². The van der Waals surface area contributed by atoms with E-state index in [2.05, 4.69) is 43.4 Å². The first-order valence-corrected chi connectivity index (χ1v) is 13.8. The Morgan fingerprint density at radius 3 is 2.49 bits per heavy atom. The van der Waals surface area contributed by atoms with Gasteiger partial charge in [0.05, 0.1) is 44.5 Å². The van der Waals surface area contributed by atoms with Gasteiger partial charge < -0.3 is 14.2 Å². The number of carbonyl (C=O) groups excluding carboxylic acids is 1. The Kier molecular flexibility index (Phi) is 8.51. The molecule has 0 radical (unpaired) electrons. The van der Waals surface area contributed by atoms with E-state index in [4.69, 9.17) is 14.2 Å². The molecule has 0 N–H and O–H groups in total. The highest BCUT2D eigenvalue weighted by Crippen LogP contribution is 2.35. The minimum absolute atomic E-state index is 0.211. The SMILES string of the molecule is C=CCOc1ccc([C@H]2C(C(=O)OCC)=C(C)N=c3s/c(=C\c4cc(Br)c(OC)c(Br)c4)c(=O)n32)cc1. The highest BCUT2D eigenvalue weighted by molar-refractivity contribution is 9.11. The molecule has 3 aromatic rings. The first kappa shape index (κ1) is 27.1. The molecule has 0 aliphatic carbocycles. The van der Waals surface area contributed by atoms with Gasteiger partial charge in [-0.1, -0.05) is 36.1 Å². The minimum atomic E-state index is -0.694. The van der Waals surface area contributed by atoms with Gasteiger partial charge in [-0.15, -0.1) is 0 Å². The lowest BCUT2D eigenvalue weighted by molar-refractivity contribution is -0.139. The Bertz CT molecular complexity index is 1550. The van der Waals surface area contributed by atoms with Gasteiger partial charge in [-0.25, -0.2) is 9.79 Å². The molecule has 2 aromatic carbocycles. The first-order valence-electron chi connectivity index (χ1n) is 11.3. The third kappa shape index (κ3) is 5.51. The summed E-state index contributed by atoms with van der Waals surface area (Å²) in [4.78, 5) is 31.9. The van der Waals surface area contributed by atoms with Gasteiger partial charge in [-0.05, 0) is 87.2 Å². The zero-order chi connectivity index (χ0) is 26.7. The predicted molar refractivity (Wildman–Crippen MR) is 151 cm³/mol. The van der Waals surface area contributed by atoms with Crippen LogP contribution < -0.4 is 24.4 Å². The Morgan fingerprint density at radius 2 is 1.89 bits per heavy atom. The maximum Gasteiger partial charge on any atom is 0.338 e. The number of fused-ring (bicyclic) bond motifs is 1. The van der Waals surface area contributed by atoms with E-state index in [0.717, 1.165) is 20.1 Å². The number of halogens is 2. The second kappa shape index (κ2) is 11.6. The van der Waals surface area contributed by atoms with Crippen molar-refractivity contribution in [2.75, 3.05) is 20.3 Å². The van der Waals surface area contributed by atoms with Crippen molar-refractivity contribution in [1.29, 1.82) is 0 Å². The normalized spacial score (nSPS) is 15.2. The summed E-state index contributed by atoms with van der Waals surface area (Å²) in [7, 11) is 1.59. The van der Waals surface area contributed by atoms with Crippen LogP contribution >= 0.6 is 43.2 Å². The molecule has 1 aliphatic heterocycles. The number of aromatic nitrogens is 1. The van der Waals surface area contributed by atoms with Crippen molar-refractivity contribution >= 4 is 55.2 Å². The van der Waals surface area contributed by atoms with Crippen LogP contribution in [-0.4, -0.2) is 30.9 Å². The summed E-state index contributed by atoms with van der Waals surface area (Å²) >= 11 is 8.28. The maximum absolute atomic E-state index is 13.8. The van der Waals surface area contributed by atoms with E-state index in [-0.39, 0.29) is 12.2 Å². The average Bonchev–Trinajstić information content (AvgIpc) is 3.16. The summed E-state index contributed by atoms with van der Waals surface area (Å²) in [6, 6.07) is 10.3. The monoisotopic (exact) mass is 646 g/mol. The molecule has 0 unspecified atom stereocenters. The van der Waals surface area contributed by atoms with Gasteiger partial charge in [0.1, 0.15) is 18.1 Å². The van der Waals surface area contributed by atoms with Crippen molar-refractivity contribution in [3.63, 3.8) is 0 Å². The lowest BCUT2D eigenvalue weighted by Crippen LogP contribution is -2.39. The Labute approximate surface area is 234 Å². The second-order valence-electron chi connectivity index (χ2n) is 7.99. The molecular weight excluding hydrogens is 624 g/mol. The number of carbonyl (C=O) groups is 1. The van der Waals surface area contributed by atoms with Crippen molar-refractivity contribution in [3.05, 3.63) is 100 Å². The lowest BCUT2D eigenvalue weighted by Gasteiger charge is -2.24. The number of rotatable bonds is 8. The highest BCUT2D eigenvalue weighted by Gasteiger charge is 2.33. The van der Waals surface area contributed by atoms with Crippen molar-refractivity contribution in [2.24, 2.45) is 4.99 Å². The van der Waals surface area contributed by atoms with E-state index in [1.807, 2.05) is 24.3 Å². The molecule has 2 heterocycles. The summed E-state index contributed by atoms with van der Waals surface area (Å²) in [5, 5.41) is 0. The number of esters is 1. The zero-order valence-electron chi connectivity index (χ0n) is 20.4. The van der Waals surface area contributed by atoms with Crippen molar-refractivity contribution in [3.8, 4) is 11.5 Å². The van der Waals surface area contributed by atoms with E-state index >= 15 is 0 Å². The fourth-order valence-electron chi connectivity index (χ4n) is 4.02. The van der Waals surface area contributed by atoms with E-state index in [9.17, 15) is 9.59 Å². The minimum Gasteiger partial charge on any atom is -0.494 e. The summed E-state index contributed by atoms with van der Waals surface area (Å²) in [6.07, 6.45) is 3.46. The third-order valence-electron chi connectivity index (χ3n) is 5.60. The fraction of sp³-hybridized carbons (Fsp3) is 0.222. The highest BCUT2D eigenvalue weighted by atomic mass is 79.9. The van der Waals surface area contributed by atoms with Crippen LogP contribution in [0.15, 0.2) is 79.1 Å². The second-order valence-corrected chi connectivity index (χ2v) is 10.7. The molecular formula is C27H24Br2N2O5S. The molecule has 1 aliphatic rings. The molecule has 0 saturated carbocycles. The van der Waals surface area contributed by atoms with Crippen molar-refractivity contribution in [1.82, 2.24) is 4.57 Å². The number of methoxy groups -OCH3 is 1. The standard InChI is InChI=1S/C27H24Br2N2O5S/c1-5-11-36-18-9-7-17(8-10-18)23-22(26(33)35-6-2)15(3)30-27-31(23)25(32)21(37-27)14-16-12-19(28)24(34-4)20(29)13-16/h5,7-10,12-14,23H,1,6,11H2,2-4H3/b21-14-/t23-/m0/s1. The van der Waals surface area contributed by atoms with Crippen molar-refractivity contribution in [2.45, 2.75) is 19.9 Å². The van der Waals surface area contributed by atoms with E-state index < -0.39 is 12.0 Å². The molecule has 10 heteroatoms. The Hall–Kier alpha value is -2.95. The molecule has 0 saturated heterocycles. The molecule has 0 amide bonds. The average molecular weight is 648 g/mol. The molecule has 0 bridgehead atoms. The van der Waals surface area contributed by atoms with Gasteiger partial charge in [0, 0.05) is 0 Å². The van der Waals surface area contributed by atoms with Crippen LogP contribution in [0.1, 0.15) is 31.0 Å². The molecule has 0 fully saturated rings. The molecule has 0 spiro atoms. The number of ether oxygens (including phenoxy) is 3. The van der Waals surface area contributed by atoms with E-state index in [0.29, 0.717) is 38.7 Å². The summed E-state index contributed by atoms with van der Waals surface area (Å²) < 4.78 is 19.9. The number of hydrogen-bond acceptors (Lipinski definition) is 7. The molecule has 4 rings (SSSR count). The maximum atomic E-state index is 13.8. The van der Waals surface area contributed by atoms with Crippen molar-refractivity contribution < 1.29 is 19.0 Å². The molecule has 7 nitrogen and oxygen atoms in total. The fourth-order valence-corrected chi connectivity index (χ4v) is 6.61. The van der Waals surface area contributed by atoms with Gasteiger partial charge in [0.15, 0.2) is 4.80 Å². The third-order valence-corrected chi connectivity index (χ3v) is 7.76. The summed E-state index contributed by atoms with van der Waals surface area (Å²) in [6.45, 7) is 7.75. The lowest BCUT2D eigenvalue weighted by atomic mass is 9.96. The smallest absolute Gasteiger partial charge is 0.338 e. The van der Waals surface area contributed by atoms with Gasteiger partial charge in [-0.3, -0.25) is 9.36 Å². The quantitative estimate of drug-likeness (QED) is 0.257.